The van der Waals surface area contributed by atoms with Crippen molar-refractivity contribution in [2.45, 2.75) is 64.4 Å². The molecule has 0 aliphatic heterocycles. The normalized spacial score (nSPS) is 12.3. The standard InChI is InChI=1S/C17H26O2/c1-2-3-4-5-9-12-16(18)13-14-17(19)15-10-7-6-8-11-15/h6-8,10-11,16,18H,2-5,9,12-14H2,1H3. The Balaban J connectivity index is 2.13. The average Bonchev–Trinajstić information content (AvgIpc) is 2.45. The van der Waals surface area contributed by atoms with E-state index in [0.29, 0.717) is 12.8 Å². The second-order valence-corrected chi connectivity index (χ2v) is 5.18. The first-order valence-corrected chi connectivity index (χ1v) is 7.50. The number of aliphatic hydroxyl groups is 1. The molecule has 1 aromatic rings. The topological polar surface area (TPSA) is 37.3 Å². The van der Waals surface area contributed by atoms with E-state index in [-0.39, 0.29) is 11.9 Å². The molecule has 106 valence electrons. The van der Waals surface area contributed by atoms with Gasteiger partial charge in [0.15, 0.2) is 5.78 Å². The molecule has 0 saturated carbocycles. The average molecular weight is 262 g/mol. The van der Waals surface area contributed by atoms with Crippen molar-refractivity contribution in [3.8, 4) is 0 Å². The molecule has 2 heteroatoms. The summed E-state index contributed by atoms with van der Waals surface area (Å²) in [6.07, 6.45) is 7.57. The number of hydrogen-bond acceptors (Lipinski definition) is 2. The minimum atomic E-state index is -0.325. The molecule has 1 atom stereocenters. The van der Waals surface area contributed by atoms with Crippen molar-refractivity contribution in [1.29, 1.82) is 0 Å². The zero-order valence-corrected chi connectivity index (χ0v) is 12.0. The summed E-state index contributed by atoms with van der Waals surface area (Å²) in [5.41, 5.74) is 0.748. The van der Waals surface area contributed by atoms with Crippen LogP contribution in [0.2, 0.25) is 0 Å². The smallest absolute Gasteiger partial charge is 0.162 e. The van der Waals surface area contributed by atoms with E-state index in [4.69, 9.17) is 0 Å². The van der Waals surface area contributed by atoms with E-state index < -0.39 is 0 Å². The lowest BCUT2D eigenvalue weighted by Crippen LogP contribution is -2.10. The van der Waals surface area contributed by atoms with Gasteiger partial charge in [0, 0.05) is 12.0 Å². The Bertz CT molecular complexity index is 346. The van der Waals surface area contributed by atoms with Gasteiger partial charge in [-0.05, 0) is 12.8 Å². The Hall–Kier alpha value is -1.15. The molecule has 0 amide bonds. The molecular weight excluding hydrogens is 236 g/mol. The molecule has 1 aromatic carbocycles. The molecule has 0 heterocycles. The third kappa shape index (κ3) is 7.12. The Morgan fingerprint density at radius 2 is 1.74 bits per heavy atom. The maximum Gasteiger partial charge on any atom is 0.162 e. The molecule has 0 bridgehead atoms. The van der Waals surface area contributed by atoms with Crippen LogP contribution in [0.1, 0.15) is 68.6 Å². The lowest BCUT2D eigenvalue weighted by Gasteiger charge is -2.09. The zero-order valence-electron chi connectivity index (χ0n) is 12.0. The predicted molar refractivity (Wildman–Crippen MR) is 79.4 cm³/mol. The first-order valence-electron chi connectivity index (χ1n) is 7.50. The van der Waals surface area contributed by atoms with Crippen molar-refractivity contribution < 1.29 is 9.90 Å². The molecule has 0 saturated heterocycles. The minimum Gasteiger partial charge on any atom is -0.393 e. The van der Waals surface area contributed by atoms with Crippen LogP contribution in [0.4, 0.5) is 0 Å². The fourth-order valence-electron chi connectivity index (χ4n) is 2.19. The highest BCUT2D eigenvalue weighted by atomic mass is 16.3. The summed E-state index contributed by atoms with van der Waals surface area (Å²) in [4.78, 5) is 11.9. The van der Waals surface area contributed by atoms with E-state index >= 15 is 0 Å². The van der Waals surface area contributed by atoms with Crippen LogP contribution in [0, 0.1) is 0 Å². The van der Waals surface area contributed by atoms with Crippen molar-refractivity contribution in [3.05, 3.63) is 35.9 Å². The van der Waals surface area contributed by atoms with Crippen LogP contribution in [-0.2, 0) is 0 Å². The zero-order chi connectivity index (χ0) is 13.9. The summed E-state index contributed by atoms with van der Waals surface area (Å²) in [6, 6.07) is 9.32. The summed E-state index contributed by atoms with van der Waals surface area (Å²) in [5, 5.41) is 9.85. The number of benzene rings is 1. The first-order chi connectivity index (χ1) is 9.24. The van der Waals surface area contributed by atoms with Crippen LogP contribution in [0.5, 0.6) is 0 Å². The van der Waals surface area contributed by atoms with E-state index in [2.05, 4.69) is 6.92 Å². The van der Waals surface area contributed by atoms with Gasteiger partial charge in [-0.25, -0.2) is 0 Å². The number of hydrogen-bond donors (Lipinski definition) is 1. The Kier molecular flexibility index (Phi) is 8.15. The highest BCUT2D eigenvalue weighted by Gasteiger charge is 2.09. The largest absolute Gasteiger partial charge is 0.393 e. The maximum absolute atomic E-state index is 11.9. The number of rotatable bonds is 10. The van der Waals surface area contributed by atoms with Crippen LogP contribution in [0.3, 0.4) is 0 Å². The predicted octanol–water partition coefficient (Wildman–Crippen LogP) is 4.37. The van der Waals surface area contributed by atoms with Crippen LogP contribution in [-0.4, -0.2) is 17.0 Å². The summed E-state index contributed by atoms with van der Waals surface area (Å²) < 4.78 is 0. The van der Waals surface area contributed by atoms with Gasteiger partial charge in [-0.1, -0.05) is 69.4 Å². The van der Waals surface area contributed by atoms with E-state index in [1.165, 1.54) is 25.7 Å². The fraction of sp³-hybridized carbons (Fsp3) is 0.588. The fourth-order valence-corrected chi connectivity index (χ4v) is 2.19. The van der Waals surface area contributed by atoms with Gasteiger partial charge in [0.1, 0.15) is 0 Å². The van der Waals surface area contributed by atoms with Crippen molar-refractivity contribution >= 4 is 5.78 Å². The van der Waals surface area contributed by atoms with Crippen molar-refractivity contribution in [2.75, 3.05) is 0 Å². The SMILES string of the molecule is CCCCCCCC(O)CCC(=O)c1ccccc1. The number of carbonyl (C=O) groups excluding carboxylic acids is 1. The van der Waals surface area contributed by atoms with Crippen molar-refractivity contribution in [2.24, 2.45) is 0 Å². The van der Waals surface area contributed by atoms with E-state index in [9.17, 15) is 9.90 Å². The second kappa shape index (κ2) is 9.74. The van der Waals surface area contributed by atoms with Gasteiger partial charge in [0.2, 0.25) is 0 Å². The van der Waals surface area contributed by atoms with E-state index in [1.54, 1.807) is 0 Å². The lowest BCUT2D eigenvalue weighted by molar-refractivity contribution is 0.0931. The molecule has 0 radical (unpaired) electrons. The van der Waals surface area contributed by atoms with Crippen LogP contribution in [0.15, 0.2) is 30.3 Å². The molecule has 1 N–H and O–H groups in total. The highest BCUT2D eigenvalue weighted by Crippen LogP contribution is 2.12. The Morgan fingerprint density at radius 3 is 2.42 bits per heavy atom. The van der Waals surface area contributed by atoms with Gasteiger partial charge in [0.25, 0.3) is 0 Å². The van der Waals surface area contributed by atoms with E-state index in [1.807, 2.05) is 30.3 Å². The van der Waals surface area contributed by atoms with Crippen LogP contribution >= 0.6 is 0 Å². The van der Waals surface area contributed by atoms with E-state index in [0.717, 1.165) is 18.4 Å². The number of Topliss-reactive ketones (excluding diaryl/α,β-unsaturated/α-hetero) is 1. The van der Waals surface area contributed by atoms with Gasteiger partial charge in [0.05, 0.1) is 6.10 Å². The van der Waals surface area contributed by atoms with Crippen LogP contribution in [0.25, 0.3) is 0 Å². The maximum atomic E-state index is 11.9. The molecule has 2 nitrogen and oxygen atoms in total. The lowest BCUT2D eigenvalue weighted by atomic mass is 10.0. The van der Waals surface area contributed by atoms with Crippen molar-refractivity contribution in [1.82, 2.24) is 0 Å². The molecule has 0 spiro atoms. The molecule has 1 rings (SSSR count). The first kappa shape index (κ1) is 15.9. The van der Waals surface area contributed by atoms with Gasteiger partial charge < -0.3 is 5.11 Å². The molecule has 0 fully saturated rings. The molecular formula is C17H26O2. The monoisotopic (exact) mass is 262 g/mol. The number of unbranched alkanes of at least 4 members (excludes halogenated alkanes) is 4. The van der Waals surface area contributed by atoms with Gasteiger partial charge in [-0.3, -0.25) is 4.79 Å². The van der Waals surface area contributed by atoms with Crippen molar-refractivity contribution in [3.63, 3.8) is 0 Å². The number of ketones is 1. The summed E-state index contributed by atoms with van der Waals surface area (Å²) in [5.74, 6) is 0.130. The van der Waals surface area contributed by atoms with Gasteiger partial charge >= 0.3 is 0 Å². The number of aliphatic hydroxyl groups excluding tert-OH is 1. The Labute approximate surface area is 116 Å². The summed E-state index contributed by atoms with van der Waals surface area (Å²) in [7, 11) is 0. The molecule has 0 aliphatic rings. The summed E-state index contributed by atoms with van der Waals surface area (Å²) in [6.45, 7) is 2.20. The third-order valence-electron chi connectivity index (χ3n) is 3.44. The Morgan fingerprint density at radius 1 is 1.05 bits per heavy atom. The third-order valence-corrected chi connectivity index (χ3v) is 3.44. The number of carbonyl (C=O) groups is 1. The molecule has 19 heavy (non-hydrogen) atoms. The summed E-state index contributed by atoms with van der Waals surface area (Å²) >= 11 is 0. The molecule has 1 unspecified atom stereocenters. The minimum absolute atomic E-state index is 0.130. The van der Waals surface area contributed by atoms with Crippen LogP contribution < -0.4 is 0 Å². The van der Waals surface area contributed by atoms with Gasteiger partial charge in [-0.15, -0.1) is 0 Å². The second-order valence-electron chi connectivity index (χ2n) is 5.18. The molecule has 0 aromatic heterocycles. The molecule has 0 aliphatic carbocycles. The van der Waals surface area contributed by atoms with Gasteiger partial charge in [-0.2, -0.15) is 0 Å². The highest BCUT2D eigenvalue weighted by molar-refractivity contribution is 5.95. The quantitative estimate of drug-likeness (QED) is 0.502.